The van der Waals surface area contributed by atoms with E-state index in [0.717, 1.165) is 30.6 Å². The average molecular weight is 276 g/mol. The van der Waals surface area contributed by atoms with E-state index in [-0.39, 0.29) is 6.10 Å². The van der Waals surface area contributed by atoms with Gasteiger partial charge in [0.1, 0.15) is 0 Å². The molecule has 1 aliphatic rings. The lowest BCUT2D eigenvalue weighted by atomic mass is 10.1. The topological polar surface area (TPSA) is 67.4 Å². The van der Waals surface area contributed by atoms with E-state index in [1.807, 2.05) is 31.2 Å². The van der Waals surface area contributed by atoms with E-state index in [1.54, 1.807) is 0 Å². The summed E-state index contributed by atoms with van der Waals surface area (Å²) in [6, 6.07) is 7.80. The van der Waals surface area contributed by atoms with Crippen LogP contribution in [0.15, 0.2) is 24.3 Å². The first-order chi connectivity index (χ1) is 9.65. The molecule has 0 unspecified atom stereocenters. The third-order valence-corrected chi connectivity index (χ3v) is 3.29. The van der Waals surface area contributed by atoms with Crippen LogP contribution < -0.4 is 10.6 Å². The summed E-state index contributed by atoms with van der Waals surface area (Å²) < 4.78 is 5.38. The molecule has 0 bridgehead atoms. The quantitative estimate of drug-likeness (QED) is 0.803. The largest absolute Gasteiger partial charge is 0.376 e. The van der Waals surface area contributed by atoms with E-state index >= 15 is 0 Å². The van der Waals surface area contributed by atoms with Crippen molar-refractivity contribution in [2.75, 3.05) is 13.2 Å². The minimum absolute atomic E-state index is 0.0452. The fourth-order valence-electron chi connectivity index (χ4n) is 2.06. The van der Waals surface area contributed by atoms with Gasteiger partial charge in [0.2, 0.25) is 0 Å². The summed E-state index contributed by atoms with van der Waals surface area (Å²) in [7, 11) is 0. The number of carbonyl (C=O) groups is 2. The van der Waals surface area contributed by atoms with E-state index in [0.29, 0.717) is 13.1 Å². The number of rotatable bonds is 4. The molecule has 0 saturated carbocycles. The van der Waals surface area contributed by atoms with Crippen molar-refractivity contribution in [1.29, 1.82) is 0 Å². The zero-order valence-corrected chi connectivity index (χ0v) is 11.6. The molecule has 108 valence electrons. The molecule has 1 aromatic carbocycles. The van der Waals surface area contributed by atoms with Crippen molar-refractivity contribution in [3.05, 3.63) is 35.4 Å². The summed E-state index contributed by atoms with van der Waals surface area (Å²) in [6.45, 7) is 3.49. The molecule has 1 heterocycles. The lowest BCUT2D eigenvalue weighted by Gasteiger charge is -2.10. The number of benzene rings is 1. The minimum atomic E-state index is -0.608. The second-order valence-corrected chi connectivity index (χ2v) is 5.01. The lowest BCUT2D eigenvalue weighted by molar-refractivity contribution is -0.139. The second kappa shape index (κ2) is 7.05. The van der Waals surface area contributed by atoms with Gasteiger partial charge in [-0.1, -0.05) is 29.8 Å². The zero-order chi connectivity index (χ0) is 14.4. The number of nitrogens with one attached hydrogen (secondary N) is 2. The standard InChI is InChI=1S/C15H20N2O3/c1-11-4-6-12(7-5-11)9-16-14(18)15(19)17-10-13-3-2-8-20-13/h4-7,13H,2-3,8-10H2,1H3,(H,16,18)(H,17,19)/t13-/m0/s1. The van der Waals surface area contributed by atoms with Gasteiger partial charge in [-0.25, -0.2) is 0 Å². The second-order valence-electron chi connectivity index (χ2n) is 5.01. The number of aryl methyl sites for hydroxylation is 1. The van der Waals surface area contributed by atoms with E-state index in [1.165, 1.54) is 0 Å². The molecule has 5 nitrogen and oxygen atoms in total. The molecule has 20 heavy (non-hydrogen) atoms. The van der Waals surface area contributed by atoms with E-state index in [2.05, 4.69) is 10.6 Å². The first-order valence-corrected chi connectivity index (χ1v) is 6.88. The highest BCUT2D eigenvalue weighted by molar-refractivity contribution is 6.35. The van der Waals surface area contributed by atoms with Gasteiger partial charge in [0.05, 0.1) is 6.10 Å². The van der Waals surface area contributed by atoms with Crippen molar-refractivity contribution in [3.8, 4) is 0 Å². The number of hydrogen-bond acceptors (Lipinski definition) is 3. The number of hydrogen-bond donors (Lipinski definition) is 2. The molecular formula is C15H20N2O3. The van der Waals surface area contributed by atoms with Gasteiger partial charge in [0.25, 0.3) is 0 Å². The predicted octanol–water partition coefficient (Wildman–Crippen LogP) is 0.906. The van der Waals surface area contributed by atoms with Crippen LogP contribution in [0.25, 0.3) is 0 Å². The van der Waals surface area contributed by atoms with Gasteiger partial charge in [-0.15, -0.1) is 0 Å². The first-order valence-electron chi connectivity index (χ1n) is 6.88. The molecule has 2 N–H and O–H groups in total. The maximum atomic E-state index is 11.6. The van der Waals surface area contributed by atoms with Crippen LogP contribution in [0, 0.1) is 6.92 Å². The highest BCUT2D eigenvalue weighted by atomic mass is 16.5. The molecule has 1 fully saturated rings. The molecule has 0 aliphatic carbocycles. The van der Waals surface area contributed by atoms with Crippen LogP contribution in [0.4, 0.5) is 0 Å². The Balaban J connectivity index is 1.70. The molecular weight excluding hydrogens is 256 g/mol. The highest BCUT2D eigenvalue weighted by Gasteiger charge is 2.18. The molecule has 1 aliphatic heterocycles. The number of amides is 2. The molecule has 2 amide bonds. The predicted molar refractivity (Wildman–Crippen MR) is 75.0 cm³/mol. The third-order valence-electron chi connectivity index (χ3n) is 3.29. The maximum Gasteiger partial charge on any atom is 0.309 e. The van der Waals surface area contributed by atoms with Gasteiger partial charge >= 0.3 is 11.8 Å². The van der Waals surface area contributed by atoms with Crippen LogP contribution in [0.2, 0.25) is 0 Å². The van der Waals surface area contributed by atoms with Crippen molar-refractivity contribution in [1.82, 2.24) is 10.6 Å². The van der Waals surface area contributed by atoms with Crippen LogP contribution in [0.1, 0.15) is 24.0 Å². The molecule has 1 saturated heterocycles. The molecule has 2 rings (SSSR count). The van der Waals surface area contributed by atoms with Crippen LogP contribution in [-0.2, 0) is 20.9 Å². The number of carbonyl (C=O) groups excluding carboxylic acids is 2. The fraction of sp³-hybridized carbons (Fsp3) is 0.467. The smallest absolute Gasteiger partial charge is 0.309 e. The van der Waals surface area contributed by atoms with Gasteiger partial charge in [0.15, 0.2) is 0 Å². The normalized spacial score (nSPS) is 17.8. The average Bonchev–Trinajstić information content (AvgIpc) is 2.97. The Labute approximate surface area is 118 Å². The highest BCUT2D eigenvalue weighted by Crippen LogP contribution is 2.10. The molecule has 1 atom stereocenters. The Hall–Kier alpha value is -1.88. The molecule has 1 aromatic rings. The molecule has 0 spiro atoms. The molecule has 0 aromatic heterocycles. The monoisotopic (exact) mass is 276 g/mol. The molecule has 5 heteroatoms. The first kappa shape index (κ1) is 14.5. The Morgan fingerprint density at radius 3 is 2.55 bits per heavy atom. The summed E-state index contributed by atoms with van der Waals surface area (Å²) in [5.41, 5.74) is 2.13. The van der Waals surface area contributed by atoms with Crippen LogP contribution in [0.5, 0.6) is 0 Å². The van der Waals surface area contributed by atoms with Crippen LogP contribution >= 0.6 is 0 Å². The summed E-state index contributed by atoms with van der Waals surface area (Å²) in [5.74, 6) is -1.21. The van der Waals surface area contributed by atoms with Crippen molar-refractivity contribution < 1.29 is 14.3 Å². The Kier molecular flexibility index (Phi) is 5.12. The summed E-state index contributed by atoms with van der Waals surface area (Å²) in [5, 5.41) is 5.20. The van der Waals surface area contributed by atoms with Gasteiger partial charge in [0, 0.05) is 19.7 Å². The van der Waals surface area contributed by atoms with Crippen molar-refractivity contribution in [3.63, 3.8) is 0 Å². The van der Waals surface area contributed by atoms with Crippen LogP contribution in [0.3, 0.4) is 0 Å². The van der Waals surface area contributed by atoms with Crippen LogP contribution in [-0.4, -0.2) is 31.1 Å². The van der Waals surface area contributed by atoms with Gasteiger partial charge in [-0.3, -0.25) is 9.59 Å². The maximum absolute atomic E-state index is 11.6. The summed E-state index contributed by atoms with van der Waals surface area (Å²) in [6.07, 6.45) is 2.00. The summed E-state index contributed by atoms with van der Waals surface area (Å²) in [4.78, 5) is 23.2. The Morgan fingerprint density at radius 2 is 1.90 bits per heavy atom. The number of ether oxygens (including phenoxy) is 1. The minimum Gasteiger partial charge on any atom is -0.376 e. The van der Waals surface area contributed by atoms with Gasteiger partial charge in [-0.05, 0) is 25.3 Å². The van der Waals surface area contributed by atoms with Gasteiger partial charge in [-0.2, -0.15) is 0 Å². The van der Waals surface area contributed by atoms with E-state index in [9.17, 15) is 9.59 Å². The van der Waals surface area contributed by atoms with Gasteiger partial charge < -0.3 is 15.4 Å². The fourth-order valence-corrected chi connectivity index (χ4v) is 2.06. The zero-order valence-electron chi connectivity index (χ0n) is 11.6. The Bertz CT molecular complexity index is 465. The molecule has 0 radical (unpaired) electrons. The summed E-state index contributed by atoms with van der Waals surface area (Å²) >= 11 is 0. The SMILES string of the molecule is Cc1ccc(CNC(=O)C(=O)NC[C@@H]2CCCO2)cc1. The lowest BCUT2D eigenvalue weighted by Crippen LogP contribution is -2.42. The third kappa shape index (κ3) is 4.35. The van der Waals surface area contributed by atoms with Crippen molar-refractivity contribution in [2.45, 2.75) is 32.4 Å². The Morgan fingerprint density at radius 1 is 1.20 bits per heavy atom. The van der Waals surface area contributed by atoms with Crippen molar-refractivity contribution >= 4 is 11.8 Å². The van der Waals surface area contributed by atoms with E-state index < -0.39 is 11.8 Å². The van der Waals surface area contributed by atoms with Crippen molar-refractivity contribution in [2.24, 2.45) is 0 Å². The van der Waals surface area contributed by atoms with E-state index in [4.69, 9.17) is 4.74 Å².